The summed E-state index contributed by atoms with van der Waals surface area (Å²) in [7, 11) is 0. The lowest BCUT2D eigenvalue weighted by molar-refractivity contribution is -0.137. The molecule has 2 rings (SSSR count). The van der Waals surface area contributed by atoms with Gasteiger partial charge in [0.25, 0.3) is 5.91 Å². The van der Waals surface area contributed by atoms with Crippen molar-refractivity contribution in [2.75, 3.05) is 10.8 Å². The first kappa shape index (κ1) is 11.3. The molecule has 0 radical (unpaired) electrons. The molecule has 0 spiro atoms. The number of halogens is 3. The van der Waals surface area contributed by atoms with Crippen molar-refractivity contribution in [3.05, 3.63) is 23.8 Å². The van der Waals surface area contributed by atoms with Gasteiger partial charge in [-0.3, -0.25) is 10.0 Å². The zero-order valence-corrected chi connectivity index (χ0v) is 8.60. The Hall–Kier alpha value is -1.21. The molecule has 1 heterocycles. The fourth-order valence-electron chi connectivity index (χ4n) is 1.32. The molecular formula is C9H6F3NO2S. The van der Waals surface area contributed by atoms with Crippen molar-refractivity contribution >= 4 is 23.4 Å². The average molecular weight is 249 g/mol. The smallest absolute Gasteiger partial charge is 0.281 e. The summed E-state index contributed by atoms with van der Waals surface area (Å²) < 4.78 is 37.2. The van der Waals surface area contributed by atoms with Gasteiger partial charge in [0, 0.05) is 4.90 Å². The number of benzene rings is 1. The van der Waals surface area contributed by atoms with Crippen molar-refractivity contribution in [3.63, 3.8) is 0 Å². The second-order valence-corrected chi connectivity index (χ2v) is 4.19. The Morgan fingerprint density at radius 3 is 2.69 bits per heavy atom. The minimum atomic E-state index is -4.49. The number of hydrogen-bond donors (Lipinski definition) is 1. The van der Waals surface area contributed by atoms with Gasteiger partial charge in [-0.1, -0.05) is 0 Å². The standard InChI is InChI=1S/C9H6F3NO2S/c10-9(11,12)5-1-2-7-6(3-5)13(15)8(14)4-16-7/h1-3,15H,4H2. The Morgan fingerprint density at radius 2 is 2.06 bits per heavy atom. The minimum absolute atomic E-state index is 0.0227. The van der Waals surface area contributed by atoms with Crippen molar-refractivity contribution in [1.29, 1.82) is 0 Å². The Balaban J connectivity index is 2.48. The zero-order chi connectivity index (χ0) is 11.9. The van der Waals surface area contributed by atoms with Crippen LogP contribution in [0.15, 0.2) is 23.1 Å². The number of carbonyl (C=O) groups is 1. The normalized spacial score (nSPS) is 16.2. The number of hydroxylamine groups is 1. The van der Waals surface area contributed by atoms with Crippen LogP contribution in [0, 0.1) is 0 Å². The van der Waals surface area contributed by atoms with E-state index in [9.17, 15) is 23.2 Å². The molecular weight excluding hydrogens is 243 g/mol. The van der Waals surface area contributed by atoms with Crippen LogP contribution >= 0.6 is 11.8 Å². The highest BCUT2D eigenvalue weighted by molar-refractivity contribution is 8.00. The maximum absolute atomic E-state index is 12.4. The van der Waals surface area contributed by atoms with E-state index in [2.05, 4.69) is 0 Å². The molecule has 0 aliphatic carbocycles. The SMILES string of the molecule is O=C1CSc2ccc(C(F)(F)F)cc2N1O. The van der Waals surface area contributed by atoms with Gasteiger partial charge in [-0.05, 0) is 18.2 Å². The first-order chi connectivity index (χ1) is 7.39. The van der Waals surface area contributed by atoms with Gasteiger partial charge in [0.1, 0.15) is 0 Å². The molecule has 0 bridgehead atoms. The molecule has 7 heteroatoms. The van der Waals surface area contributed by atoms with E-state index in [0.717, 1.165) is 23.9 Å². The number of carbonyl (C=O) groups excluding carboxylic acids is 1. The molecule has 0 atom stereocenters. The van der Waals surface area contributed by atoms with E-state index in [1.807, 2.05) is 0 Å². The molecule has 86 valence electrons. The zero-order valence-electron chi connectivity index (χ0n) is 7.78. The lowest BCUT2D eigenvalue weighted by Gasteiger charge is -2.23. The van der Waals surface area contributed by atoms with Crippen molar-refractivity contribution in [3.8, 4) is 0 Å². The summed E-state index contributed by atoms with van der Waals surface area (Å²) in [5.74, 6) is -0.605. The van der Waals surface area contributed by atoms with Crippen LogP contribution in [0.4, 0.5) is 18.9 Å². The van der Waals surface area contributed by atoms with E-state index in [1.54, 1.807) is 0 Å². The van der Waals surface area contributed by atoms with Gasteiger partial charge >= 0.3 is 6.18 Å². The number of fused-ring (bicyclic) bond motifs is 1. The molecule has 1 aromatic carbocycles. The molecule has 3 nitrogen and oxygen atoms in total. The fourth-order valence-corrected chi connectivity index (χ4v) is 2.18. The molecule has 1 N–H and O–H groups in total. The van der Waals surface area contributed by atoms with E-state index in [4.69, 9.17) is 0 Å². The third-order valence-corrected chi connectivity index (χ3v) is 3.15. The third kappa shape index (κ3) is 1.88. The van der Waals surface area contributed by atoms with Gasteiger partial charge in [0.2, 0.25) is 0 Å². The van der Waals surface area contributed by atoms with E-state index >= 15 is 0 Å². The van der Waals surface area contributed by atoms with Crippen LogP contribution < -0.4 is 5.06 Å². The van der Waals surface area contributed by atoms with E-state index in [1.165, 1.54) is 6.07 Å². The second kappa shape index (κ2) is 3.67. The van der Waals surface area contributed by atoms with E-state index in [-0.39, 0.29) is 16.5 Å². The van der Waals surface area contributed by atoms with Gasteiger partial charge in [-0.15, -0.1) is 11.8 Å². The Kier molecular flexibility index (Phi) is 2.59. The van der Waals surface area contributed by atoms with E-state index in [0.29, 0.717) is 4.90 Å². The fraction of sp³-hybridized carbons (Fsp3) is 0.222. The molecule has 0 saturated carbocycles. The highest BCUT2D eigenvalue weighted by atomic mass is 32.2. The number of nitrogens with zero attached hydrogens (tertiary/aromatic N) is 1. The molecule has 0 aromatic heterocycles. The van der Waals surface area contributed by atoms with Crippen molar-refractivity contribution in [2.45, 2.75) is 11.1 Å². The van der Waals surface area contributed by atoms with Gasteiger partial charge in [-0.2, -0.15) is 18.2 Å². The molecule has 0 unspecified atom stereocenters. The third-order valence-electron chi connectivity index (χ3n) is 2.10. The lowest BCUT2D eigenvalue weighted by Crippen LogP contribution is -2.32. The quantitative estimate of drug-likeness (QED) is 0.718. The van der Waals surface area contributed by atoms with Gasteiger partial charge in [0.05, 0.1) is 17.0 Å². The van der Waals surface area contributed by atoms with Crippen molar-refractivity contribution in [1.82, 2.24) is 0 Å². The first-order valence-electron chi connectivity index (χ1n) is 4.25. The van der Waals surface area contributed by atoms with Crippen LogP contribution in [0.25, 0.3) is 0 Å². The second-order valence-electron chi connectivity index (χ2n) is 3.17. The summed E-state index contributed by atoms with van der Waals surface area (Å²) in [6.07, 6.45) is -4.49. The number of anilines is 1. The van der Waals surface area contributed by atoms with Crippen molar-refractivity contribution < 1.29 is 23.2 Å². The predicted molar refractivity (Wildman–Crippen MR) is 51.4 cm³/mol. The summed E-state index contributed by atoms with van der Waals surface area (Å²) in [5, 5.41) is 9.59. The highest BCUT2D eigenvalue weighted by Crippen LogP contribution is 2.39. The summed E-state index contributed by atoms with van der Waals surface area (Å²) in [6.45, 7) is 0. The largest absolute Gasteiger partial charge is 0.416 e. The molecule has 0 fully saturated rings. The average Bonchev–Trinajstić information content (AvgIpc) is 2.22. The van der Waals surface area contributed by atoms with Crippen LogP contribution in [0.3, 0.4) is 0 Å². The maximum Gasteiger partial charge on any atom is 0.416 e. The van der Waals surface area contributed by atoms with Gasteiger partial charge < -0.3 is 0 Å². The van der Waals surface area contributed by atoms with Crippen LogP contribution in [-0.2, 0) is 11.0 Å². The maximum atomic E-state index is 12.4. The van der Waals surface area contributed by atoms with Crippen LogP contribution in [0.1, 0.15) is 5.56 Å². The number of hydrogen-bond acceptors (Lipinski definition) is 3. The number of thioether (sulfide) groups is 1. The summed E-state index contributed by atoms with van der Waals surface area (Å²) in [5.41, 5.74) is -1.00. The highest BCUT2D eigenvalue weighted by Gasteiger charge is 2.33. The first-order valence-corrected chi connectivity index (χ1v) is 5.24. The van der Waals surface area contributed by atoms with Crippen LogP contribution in [0.5, 0.6) is 0 Å². The predicted octanol–water partition coefficient (Wildman–Crippen LogP) is 2.53. The number of alkyl halides is 3. The van der Waals surface area contributed by atoms with Gasteiger partial charge in [-0.25, -0.2) is 0 Å². The Morgan fingerprint density at radius 1 is 1.38 bits per heavy atom. The molecule has 1 amide bonds. The summed E-state index contributed by atoms with van der Waals surface area (Å²) in [6, 6.07) is 2.94. The van der Waals surface area contributed by atoms with Gasteiger partial charge in [0.15, 0.2) is 0 Å². The van der Waals surface area contributed by atoms with Crippen molar-refractivity contribution in [2.24, 2.45) is 0 Å². The molecule has 1 aliphatic rings. The molecule has 16 heavy (non-hydrogen) atoms. The topological polar surface area (TPSA) is 40.5 Å². The number of amides is 1. The molecule has 0 saturated heterocycles. The molecule has 1 aliphatic heterocycles. The lowest BCUT2D eigenvalue weighted by atomic mass is 10.2. The Bertz CT molecular complexity index is 447. The van der Waals surface area contributed by atoms with E-state index < -0.39 is 17.6 Å². The monoisotopic (exact) mass is 249 g/mol. The molecule has 1 aromatic rings. The summed E-state index contributed by atoms with van der Waals surface area (Å²) in [4.78, 5) is 11.5. The Labute approximate surface area is 92.8 Å². The van der Waals surface area contributed by atoms with Crippen LogP contribution in [-0.4, -0.2) is 16.9 Å². The minimum Gasteiger partial charge on any atom is -0.281 e. The summed E-state index contributed by atoms with van der Waals surface area (Å²) >= 11 is 1.10. The number of rotatable bonds is 0. The van der Waals surface area contributed by atoms with Crippen LogP contribution in [0.2, 0.25) is 0 Å².